The molecule has 2 aliphatic carbocycles. The van der Waals surface area contributed by atoms with Crippen molar-refractivity contribution in [3.63, 3.8) is 0 Å². The molecule has 2 bridgehead atoms. The lowest BCUT2D eigenvalue weighted by Crippen LogP contribution is -2.62. The molecule has 3 aromatic carbocycles. The smallest absolute Gasteiger partial charge is 0.410 e. The molecular weight excluding hydrogens is 508 g/mol. The van der Waals surface area contributed by atoms with Crippen molar-refractivity contribution in [3.05, 3.63) is 88.5 Å². The molecule has 5 nitrogen and oxygen atoms in total. The Balaban J connectivity index is 1.29. The fraction of sp³-hybridized carbons (Fsp3) is 0.417. The number of rotatable bonds is 6. The van der Waals surface area contributed by atoms with Gasteiger partial charge in [-0.25, -0.2) is 4.79 Å². The SMILES string of the molecule is CCCCOc1cc2c(c3c1Nc1ccccc1C=C3)C[C@H]1C3CCCC[C@@]23CCN1C(=O)OCc1ccccc1. The van der Waals surface area contributed by atoms with Gasteiger partial charge in [0.05, 0.1) is 12.3 Å². The van der Waals surface area contributed by atoms with Gasteiger partial charge in [0.1, 0.15) is 12.4 Å². The van der Waals surface area contributed by atoms with Gasteiger partial charge in [-0.3, -0.25) is 0 Å². The molecule has 0 spiro atoms. The van der Waals surface area contributed by atoms with Crippen LogP contribution in [0.5, 0.6) is 5.75 Å². The molecule has 1 N–H and O–H groups in total. The number of likely N-dealkylation sites (tertiary alicyclic amines) is 1. The fourth-order valence-electron chi connectivity index (χ4n) is 8.00. The van der Waals surface area contributed by atoms with E-state index >= 15 is 0 Å². The summed E-state index contributed by atoms with van der Waals surface area (Å²) in [5.74, 6) is 1.42. The van der Waals surface area contributed by atoms with Crippen molar-refractivity contribution in [2.75, 3.05) is 18.5 Å². The minimum atomic E-state index is -0.173. The number of benzene rings is 3. The standard InChI is InChI=1S/C36H40N2O3/c1-2-3-21-40-33-23-30-28(27-17-16-26-13-7-8-15-31(26)37-34(27)33)22-32-29-14-9-10-18-36(29,30)19-20-38(32)35(39)41-24-25-11-5-4-6-12-25/h4-8,11-13,15-17,23,29,32,37H,2-3,9-10,14,18-22,24H2,1H3/t29?,32-,36-/m0/s1. The summed E-state index contributed by atoms with van der Waals surface area (Å²) < 4.78 is 12.5. The Morgan fingerprint density at radius 2 is 1.90 bits per heavy atom. The Morgan fingerprint density at radius 3 is 2.78 bits per heavy atom. The third-order valence-corrected chi connectivity index (χ3v) is 10.00. The van der Waals surface area contributed by atoms with Crippen LogP contribution >= 0.6 is 0 Å². The zero-order valence-corrected chi connectivity index (χ0v) is 24.0. The van der Waals surface area contributed by atoms with Crippen LogP contribution in [0, 0.1) is 5.92 Å². The molecule has 2 aliphatic heterocycles. The Hall–Kier alpha value is -3.73. The van der Waals surface area contributed by atoms with Crippen molar-refractivity contribution in [2.45, 2.75) is 76.4 Å². The van der Waals surface area contributed by atoms with Crippen molar-refractivity contribution in [1.82, 2.24) is 4.90 Å². The van der Waals surface area contributed by atoms with Crippen molar-refractivity contribution >= 4 is 29.6 Å². The first kappa shape index (κ1) is 26.2. The van der Waals surface area contributed by atoms with Crippen LogP contribution in [0.2, 0.25) is 0 Å². The largest absolute Gasteiger partial charge is 0.491 e. The van der Waals surface area contributed by atoms with Gasteiger partial charge < -0.3 is 19.7 Å². The molecular formula is C36H40N2O3. The molecule has 1 saturated carbocycles. The molecule has 4 aliphatic rings. The predicted molar refractivity (Wildman–Crippen MR) is 165 cm³/mol. The Labute approximate surface area is 243 Å². The third-order valence-electron chi connectivity index (χ3n) is 10.00. The number of amides is 1. The molecule has 0 radical (unpaired) electrons. The van der Waals surface area contributed by atoms with Crippen LogP contribution in [0.15, 0.2) is 60.7 Å². The van der Waals surface area contributed by atoms with E-state index in [4.69, 9.17) is 9.47 Å². The monoisotopic (exact) mass is 548 g/mol. The quantitative estimate of drug-likeness (QED) is 0.246. The van der Waals surface area contributed by atoms with E-state index in [1.54, 1.807) is 0 Å². The average molecular weight is 549 g/mol. The van der Waals surface area contributed by atoms with Crippen LogP contribution in [0.1, 0.15) is 79.7 Å². The highest BCUT2D eigenvalue weighted by Gasteiger charge is 2.56. The van der Waals surface area contributed by atoms with Crippen molar-refractivity contribution < 1.29 is 14.3 Å². The normalized spacial score (nSPS) is 23.7. The van der Waals surface area contributed by atoms with Crippen LogP contribution in [0.3, 0.4) is 0 Å². The number of unbranched alkanes of at least 4 members (excludes halogenated alkanes) is 1. The van der Waals surface area contributed by atoms with Gasteiger partial charge in [-0.05, 0) is 72.4 Å². The van der Waals surface area contributed by atoms with E-state index in [0.29, 0.717) is 12.5 Å². The van der Waals surface area contributed by atoms with Crippen LogP contribution in [0.25, 0.3) is 12.2 Å². The van der Waals surface area contributed by atoms with Crippen molar-refractivity contribution in [1.29, 1.82) is 0 Å². The summed E-state index contributed by atoms with van der Waals surface area (Å²) in [6.07, 6.45) is 13.1. The van der Waals surface area contributed by atoms with E-state index < -0.39 is 0 Å². The number of nitrogens with zero attached hydrogens (tertiary/aromatic N) is 1. The van der Waals surface area contributed by atoms with E-state index in [-0.39, 0.29) is 17.6 Å². The zero-order valence-electron chi connectivity index (χ0n) is 24.0. The lowest BCUT2D eigenvalue weighted by molar-refractivity contribution is -0.0137. The minimum absolute atomic E-state index is 0.0810. The van der Waals surface area contributed by atoms with Gasteiger partial charge in [0.25, 0.3) is 0 Å². The molecule has 2 fully saturated rings. The predicted octanol–water partition coefficient (Wildman–Crippen LogP) is 8.49. The number of hydrogen-bond acceptors (Lipinski definition) is 4. The molecule has 3 atom stereocenters. The van der Waals surface area contributed by atoms with Gasteiger partial charge in [0, 0.05) is 29.3 Å². The topological polar surface area (TPSA) is 50.8 Å². The van der Waals surface area contributed by atoms with E-state index in [2.05, 4.69) is 59.6 Å². The average Bonchev–Trinajstić information content (AvgIpc) is 3.21. The Bertz CT molecular complexity index is 1470. The summed E-state index contributed by atoms with van der Waals surface area (Å²) in [7, 11) is 0. The first-order valence-corrected chi connectivity index (χ1v) is 15.5. The lowest BCUT2D eigenvalue weighted by Gasteiger charge is -2.59. The summed E-state index contributed by atoms with van der Waals surface area (Å²) in [4.78, 5) is 15.7. The molecule has 1 amide bonds. The molecule has 3 aromatic rings. The summed E-state index contributed by atoms with van der Waals surface area (Å²) in [6, 6.07) is 21.0. The second-order valence-corrected chi connectivity index (χ2v) is 12.2. The Kier molecular flexibility index (Phi) is 6.98. The van der Waals surface area contributed by atoms with Gasteiger partial charge in [0.2, 0.25) is 0 Å². The van der Waals surface area contributed by atoms with E-state index in [1.807, 2.05) is 30.3 Å². The van der Waals surface area contributed by atoms with Crippen molar-refractivity contribution in [2.24, 2.45) is 5.92 Å². The van der Waals surface area contributed by atoms with E-state index in [9.17, 15) is 4.79 Å². The van der Waals surface area contributed by atoms with Crippen LogP contribution in [-0.2, 0) is 23.2 Å². The summed E-state index contributed by atoms with van der Waals surface area (Å²) in [5, 5.41) is 3.76. The number of fused-ring (bicyclic) bond motifs is 4. The van der Waals surface area contributed by atoms with Gasteiger partial charge >= 0.3 is 6.09 Å². The Morgan fingerprint density at radius 1 is 1.05 bits per heavy atom. The van der Waals surface area contributed by atoms with E-state index in [0.717, 1.165) is 67.9 Å². The molecule has 0 aromatic heterocycles. The maximum atomic E-state index is 13.6. The second kappa shape index (κ2) is 10.9. The van der Waals surface area contributed by atoms with Gasteiger partial charge in [0.15, 0.2) is 0 Å². The maximum Gasteiger partial charge on any atom is 0.410 e. The molecule has 2 heterocycles. The number of nitrogens with one attached hydrogen (secondary N) is 1. The summed E-state index contributed by atoms with van der Waals surface area (Å²) >= 11 is 0. The molecule has 7 rings (SSSR count). The molecule has 1 unspecified atom stereocenters. The molecule has 212 valence electrons. The van der Waals surface area contributed by atoms with Gasteiger partial charge in [-0.1, -0.05) is 86.9 Å². The molecule has 41 heavy (non-hydrogen) atoms. The number of hydrogen-bond donors (Lipinski definition) is 1. The van der Waals surface area contributed by atoms with Crippen LogP contribution < -0.4 is 10.1 Å². The number of para-hydroxylation sites is 1. The highest BCUT2D eigenvalue weighted by Crippen LogP contribution is 2.58. The second-order valence-electron chi connectivity index (χ2n) is 12.2. The number of piperidine rings is 1. The highest BCUT2D eigenvalue weighted by atomic mass is 16.6. The van der Waals surface area contributed by atoms with Crippen LogP contribution in [-0.4, -0.2) is 30.2 Å². The highest BCUT2D eigenvalue weighted by molar-refractivity contribution is 5.92. The fourth-order valence-corrected chi connectivity index (χ4v) is 8.00. The van der Waals surface area contributed by atoms with E-state index in [1.165, 1.54) is 41.5 Å². The molecule has 5 heteroatoms. The van der Waals surface area contributed by atoms with Gasteiger partial charge in [-0.15, -0.1) is 0 Å². The minimum Gasteiger partial charge on any atom is -0.491 e. The van der Waals surface area contributed by atoms with Crippen LogP contribution in [0.4, 0.5) is 16.2 Å². The lowest BCUT2D eigenvalue weighted by atomic mass is 9.52. The summed E-state index contributed by atoms with van der Waals surface area (Å²) in [5.41, 5.74) is 8.50. The number of carbonyl (C=O) groups is 1. The number of carbonyl (C=O) groups excluding carboxylic acids is 1. The van der Waals surface area contributed by atoms with Crippen molar-refractivity contribution in [3.8, 4) is 5.75 Å². The summed E-state index contributed by atoms with van der Waals surface area (Å²) in [6.45, 7) is 3.98. The number of ether oxygens (including phenoxy) is 2. The number of anilines is 2. The van der Waals surface area contributed by atoms with Gasteiger partial charge in [-0.2, -0.15) is 0 Å². The first-order chi connectivity index (χ1) is 20.2. The zero-order chi connectivity index (χ0) is 27.8. The maximum absolute atomic E-state index is 13.6. The third kappa shape index (κ3) is 4.60. The molecule has 1 saturated heterocycles. The first-order valence-electron chi connectivity index (χ1n) is 15.5.